The van der Waals surface area contributed by atoms with E-state index in [1.807, 2.05) is 11.8 Å². The van der Waals surface area contributed by atoms with Gasteiger partial charge in [-0.1, -0.05) is 16.6 Å². The molecule has 1 saturated heterocycles. The number of aromatic nitrogens is 4. The van der Waals surface area contributed by atoms with Crippen LogP contribution in [0.2, 0.25) is 0 Å². The molecule has 112 valence electrons. The molecule has 1 atom stereocenters. The summed E-state index contributed by atoms with van der Waals surface area (Å²) in [6, 6.07) is -0.138. The number of carbonyl (C=O) groups is 1. The minimum absolute atomic E-state index is 0.0385. The molecule has 0 aromatic carbocycles. The lowest BCUT2D eigenvalue weighted by molar-refractivity contribution is 0.0565. The van der Waals surface area contributed by atoms with Gasteiger partial charge in [-0.25, -0.2) is 0 Å². The zero-order valence-corrected chi connectivity index (χ0v) is 12.9. The third kappa shape index (κ3) is 2.67. The maximum atomic E-state index is 12.7. The van der Waals surface area contributed by atoms with Gasteiger partial charge in [0, 0.05) is 13.0 Å². The fourth-order valence-corrected chi connectivity index (χ4v) is 3.15. The minimum Gasteiger partial charge on any atom is -0.337 e. The van der Waals surface area contributed by atoms with Crippen molar-refractivity contribution in [1.82, 2.24) is 24.6 Å². The Morgan fingerprint density at radius 3 is 3.00 bits per heavy atom. The average molecular weight is 307 g/mol. The van der Waals surface area contributed by atoms with Crippen molar-refractivity contribution in [3.8, 4) is 0 Å². The van der Waals surface area contributed by atoms with Crippen LogP contribution in [0.3, 0.4) is 0 Å². The summed E-state index contributed by atoms with van der Waals surface area (Å²) in [7, 11) is 0. The molecule has 2 aromatic rings. The number of carbonyl (C=O) groups excluding carboxylic acids is 1. The van der Waals surface area contributed by atoms with E-state index in [4.69, 9.17) is 4.52 Å². The molecular formula is C13H17N5O2S. The standard InChI is InChI=1S/C13H17N5O2S/c1-3-10-14-12(20-16-10)9-6-4-5-7-18(9)13(19)11-8(2)15-17-21-11/h9H,3-7H2,1-2H3/t9-/m1/s1. The van der Waals surface area contributed by atoms with Crippen LogP contribution in [-0.2, 0) is 6.42 Å². The summed E-state index contributed by atoms with van der Waals surface area (Å²) in [5.74, 6) is 1.18. The molecule has 0 radical (unpaired) electrons. The zero-order valence-electron chi connectivity index (χ0n) is 12.1. The fraction of sp³-hybridized carbons (Fsp3) is 0.615. The molecule has 0 saturated carbocycles. The number of amides is 1. The molecule has 2 aromatic heterocycles. The molecule has 8 heteroatoms. The van der Waals surface area contributed by atoms with E-state index in [-0.39, 0.29) is 11.9 Å². The van der Waals surface area contributed by atoms with Crippen molar-refractivity contribution >= 4 is 17.4 Å². The molecule has 1 aliphatic rings. The average Bonchev–Trinajstić information content (AvgIpc) is 3.15. The Balaban J connectivity index is 1.87. The number of hydrogen-bond acceptors (Lipinski definition) is 7. The van der Waals surface area contributed by atoms with Gasteiger partial charge in [0.25, 0.3) is 5.91 Å². The van der Waals surface area contributed by atoms with Crippen molar-refractivity contribution in [1.29, 1.82) is 0 Å². The van der Waals surface area contributed by atoms with Crippen molar-refractivity contribution in [3.63, 3.8) is 0 Å². The van der Waals surface area contributed by atoms with Crippen LogP contribution in [0.4, 0.5) is 0 Å². The Hall–Kier alpha value is -1.83. The highest BCUT2D eigenvalue weighted by molar-refractivity contribution is 7.07. The number of hydrogen-bond donors (Lipinski definition) is 0. The summed E-state index contributed by atoms with van der Waals surface area (Å²) in [6.07, 6.45) is 3.62. The second-order valence-corrected chi connectivity index (χ2v) is 5.85. The fourth-order valence-electron chi connectivity index (χ4n) is 2.54. The quantitative estimate of drug-likeness (QED) is 0.864. The van der Waals surface area contributed by atoms with Gasteiger partial charge >= 0.3 is 0 Å². The molecule has 7 nitrogen and oxygen atoms in total. The maximum absolute atomic E-state index is 12.7. The van der Waals surface area contributed by atoms with Gasteiger partial charge in [0.1, 0.15) is 10.9 Å². The van der Waals surface area contributed by atoms with Crippen LogP contribution in [0.15, 0.2) is 4.52 Å². The lowest BCUT2D eigenvalue weighted by Crippen LogP contribution is -2.38. The highest BCUT2D eigenvalue weighted by Crippen LogP contribution is 2.32. The molecule has 21 heavy (non-hydrogen) atoms. The Morgan fingerprint density at radius 1 is 1.48 bits per heavy atom. The largest absolute Gasteiger partial charge is 0.337 e. The molecule has 0 unspecified atom stereocenters. The highest BCUT2D eigenvalue weighted by atomic mass is 32.1. The van der Waals surface area contributed by atoms with Crippen LogP contribution in [0, 0.1) is 6.92 Å². The molecule has 3 heterocycles. The van der Waals surface area contributed by atoms with E-state index in [2.05, 4.69) is 19.7 Å². The second-order valence-electron chi connectivity index (χ2n) is 5.10. The first-order valence-corrected chi connectivity index (χ1v) is 7.90. The summed E-state index contributed by atoms with van der Waals surface area (Å²) in [5.41, 5.74) is 0.675. The van der Waals surface area contributed by atoms with E-state index in [1.165, 1.54) is 0 Å². The van der Waals surface area contributed by atoms with Gasteiger partial charge in [0.05, 0.1) is 5.69 Å². The number of likely N-dealkylation sites (tertiary alicyclic amines) is 1. The zero-order chi connectivity index (χ0) is 14.8. The highest BCUT2D eigenvalue weighted by Gasteiger charge is 2.34. The molecule has 0 aliphatic carbocycles. The van der Waals surface area contributed by atoms with E-state index < -0.39 is 0 Å². The first kappa shape index (κ1) is 14.1. The lowest BCUT2D eigenvalue weighted by Gasteiger charge is -2.33. The molecule has 0 bridgehead atoms. The predicted molar refractivity (Wildman–Crippen MR) is 76.0 cm³/mol. The van der Waals surface area contributed by atoms with Gasteiger partial charge < -0.3 is 9.42 Å². The van der Waals surface area contributed by atoms with Gasteiger partial charge in [-0.2, -0.15) is 4.98 Å². The normalized spacial score (nSPS) is 19.0. The van der Waals surface area contributed by atoms with E-state index in [0.717, 1.165) is 37.2 Å². The van der Waals surface area contributed by atoms with E-state index in [1.54, 1.807) is 6.92 Å². The van der Waals surface area contributed by atoms with E-state index in [0.29, 0.717) is 28.8 Å². The minimum atomic E-state index is -0.138. The van der Waals surface area contributed by atoms with Gasteiger partial charge in [0.15, 0.2) is 5.82 Å². The number of nitrogens with zero attached hydrogens (tertiary/aromatic N) is 5. The summed E-state index contributed by atoms with van der Waals surface area (Å²) in [5, 5.41) is 7.86. The summed E-state index contributed by atoms with van der Waals surface area (Å²) in [6.45, 7) is 4.48. The lowest BCUT2D eigenvalue weighted by atomic mass is 10.0. The monoisotopic (exact) mass is 307 g/mol. The Kier molecular flexibility index (Phi) is 3.96. The Labute approximate surface area is 126 Å². The molecule has 1 amide bonds. The van der Waals surface area contributed by atoms with Gasteiger partial charge in [-0.3, -0.25) is 4.79 Å². The van der Waals surface area contributed by atoms with Crippen LogP contribution in [-0.4, -0.2) is 37.1 Å². The maximum Gasteiger partial charge on any atom is 0.268 e. The van der Waals surface area contributed by atoms with Crippen LogP contribution >= 0.6 is 11.5 Å². The summed E-state index contributed by atoms with van der Waals surface area (Å²) < 4.78 is 9.19. The number of aryl methyl sites for hydroxylation is 2. The molecule has 1 fully saturated rings. The topological polar surface area (TPSA) is 85.0 Å². The Morgan fingerprint density at radius 2 is 2.33 bits per heavy atom. The molecule has 1 aliphatic heterocycles. The van der Waals surface area contributed by atoms with Crippen LogP contribution in [0.1, 0.15) is 59.3 Å². The first-order valence-electron chi connectivity index (χ1n) is 7.13. The van der Waals surface area contributed by atoms with Crippen molar-refractivity contribution in [2.75, 3.05) is 6.54 Å². The van der Waals surface area contributed by atoms with Crippen LogP contribution in [0.25, 0.3) is 0 Å². The SMILES string of the molecule is CCc1noc([C@H]2CCCCN2C(=O)c2snnc2C)n1. The second kappa shape index (κ2) is 5.88. The van der Waals surface area contributed by atoms with E-state index in [9.17, 15) is 4.79 Å². The van der Waals surface area contributed by atoms with Crippen molar-refractivity contribution in [2.24, 2.45) is 0 Å². The first-order chi connectivity index (χ1) is 10.2. The summed E-state index contributed by atoms with van der Waals surface area (Å²) in [4.78, 5) is 19.5. The van der Waals surface area contributed by atoms with Gasteiger partial charge in [-0.05, 0) is 37.7 Å². The van der Waals surface area contributed by atoms with E-state index >= 15 is 0 Å². The third-order valence-corrected chi connectivity index (χ3v) is 4.51. The molecule has 0 N–H and O–H groups in total. The Bertz CT molecular complexity index is 638. The molecular weight excluding hydrogens is 290 g/mol. The number of rotatable bonds is 3. The van der Waals surface area contributed by atoms with Crippen LogP contribution in [0.5, 0.6) is 0 Å². The smallest absolute Gasteiger partial charge is 0.268 e. The van der Waals surface area contributed by atoms with Gasteiger partial charge in [-0.15, -0.1) is 5.10 Å². The van der Waals surface area contributed by atoms with Crippen molar-refractivity contribution < 1.29 is 9.32 Å². The van der Waals surface area contributed by atoms with Crippen molar-refractivity contribution in [3.05, 3.63) is 22.3 Å². The van der Waals surface area contributed by atoms with Crippen molar-refractivity contribution in [2.45, 2.75) is 45.6 Å². The predicted octanol–water partition coefficient (Wildman–Crippen LogP) is 2.16. The van der Waals surface area contributed by atoms with Crippen LogP contribution < -0.4 is 0 Å². The molecule has 3 rings (SSSR count). The van der Waals surface area contributed by atoms with Gasteiger partial charge in [0.2, 0.25) is 5.89 Å². The number of piperidine rings is 1. The third-order valence-electron chi connectivity index (χ3n) is 3.69. The molecule has 0 spiro atoms. The summed E-state index contributed by atoms with van der Waals surface area (Å²) >= 11 is 1.14.